The number of carbonyl (C=O) groups excluding carboxylic acids is 1. The number of hydrogen-bond acceptors (Lipinski definition) is 3. The van der Waals surface area contributed by atoms with Gasteiger partial charge in [-0.05, 0) is 40.5 Å². The molecule has 112 valence electrons. The zero-order valence-corrected chi connectivity index (χ0v) is 13.0. The number of halogens is 3. The lowest BCUT2D eigenvalue weighted by Crippen LogP contribution is -2.09. The fourth-order valence-electron chi connectivity index (χ4n) is 2.32. The van der Waals surface area contributed by atoms with E-state index in [0.29, 0.717) is 15.5 Å². The molecule has 1 aromatic carbocycles. The van der Waals surface area contributed by atoms with E-state index < -0.39 is 23.0 Å². The third-order valence-corrected chi connectivity index (χ3v) is 4.29. The van der Waals surface area contributed by atoms with Crippen LogP contribution in [0.3, 0.4) is 0 Å². The summed E-state index contributed by atoms with van der Waals surface area (Å²) in [5.41, 5.74) is 5.84. The van der Waals surface area contributed by atoms with E-state index in [4.69, 9.17) is 5.73 Å². The molecule has 0 aliphatic rings. The van der Waals surface area contributed by atoms with Crippen molar-refractivity contribution in [3.63, 3.8) is 0 Å². The van der Waals surface area contributed by atoms with Crippen molar-refractivity contribution >= 4 is 38.4 Å². The van der Waals surface area contributed by atoms with Crippen molar-refractivity contribution in [2.45, 2.75) is 6.92 Å². The highest BCUT2D eigenvalue weighted by Crippen LogP contribution is 2.30. The van der Waals surface area contributed by atoms with Gasteiger partial charge in [-0.1, -0.05) is 0 Å². The van der Waals surface area contributed by atoms with Gasteiger partial charge >= 0.3 is 0 Å². The zero-order valence-electron chi connectivity index (χ0n) is 11.4. The van der Waals surface area contributed by atoms with Gasteiger partial charge < -0.3 is 10.7 Å². The molecule has 0 spiro atoms. The van der Waals surface area contributed by atoms with E-state index in [1.54, 1.807) is 13.1 Å². The van der Waals surface area contributed by atoms with E-state index in [-0.39, 0.29) is 11.3 Å². The molecule has 0 aliphatic heterocycles. The first-order valence-electron chi connectivity index (χ1n) is 6.32. The molecule has 0 bridgehead atoms. The highest BCUT2D eigenvalue weighted by atomic mass is 79.9. The van der Waals surface area contributed by atoms with Crippen LogP contribution in [0.4, 0.5) is 14.5 Å². The minimum Gasteiger partial charge on any atom is -0.396 e. The Bertz CT molecular complexity index is 921. The predicted molar refractivity (Wildman–Crippen MR) is 82.7 cm³/mol. The highest BCUT2D eigenvalue weighted by molar-refractivity contribution is 9.10. The van der Waals surface area contributed by atoms with Gasteiger partial charge in [-0.15, -0.1) is 0 Å². The van der Waals surface area contributed by atoms with E-state index >= 15 is 0 Å². The van der Waals surface area contributed by atoms with E-state index in [0.717, 1.165) is 17.7 Å². The van der Waals surface area contributed by atoms with Crippen LogP contribution in [0.15, 0.2) is 29.0 Å². The summed E-state index contributed by atoms with van der Waals surface area (Å²) in [5.74, 6) is -2.79. The number of fused-ring (bicyclic) bond motifs is 1. The number of aromatic amines is 1. The number of ketones is 1. The first kappa shape index (κ1) is 14.6. The van der Waals surface area contributed by atoms with Crippen molar-refractivity contribution in [3.8, 4) is 0 Å². The Kier molecular flexibility index (Phi) is 3.44. The van der Waals surface area contributed by atoms with Gasteiger partial charge in [0.1, 0.15) is 11.5 Å². The molecule has 3 aromatic rings. The minimum absolute atomic E-state index is 0.143. The van der Waals surface area contributed by atoms with Gasteiger partial charge in [0.15, 0.2) is 5.82 Å². The number of H-pyrrole nitrogens is 1. The largest absolute Gasteiger partial charge is 0.396 e. The summed E-state index contributed by atoms with van der Waals surface area (Å²) in [6.45, 7) is 1.78. The Morgan fingerprint density at radius 1 is 1.36 bits per heavy atom. The first-order valence-corrected chi connectivity index (χ1v) is 7.11. The molecule has 0 radical (unpaired) electrons. The van der Waals surface area contributed by atoms with Gasteiger partial charge in [0, 0.05) is 22.3 Å². The Labute approximate surface area is 132 Å². The summed E-state index contributed by atoms with van der Waals surface area (Å²) >= 11 is 3.33. The standard InChI is InChI=1S/C15H10BrF2N3O/c1-6-8(16)5-21-15-11(6)7(4-20-15)14(22)12-9(17)2-3-10(19)13(12)18/h2-5H,19H2,1H3,(H,20,21). The zero-order chi connectivity index (χ0) is 16.0. The third kappa shape index (κ3) is 2.09. The lowest BCUT2D eigenvalue weighted by molar-refractivity contribution is 0.103. The number of nitrogens with zero attached hydrogens (tertiary/aromatic N) is 1. The normalized spacial score (nSPS) is 11.1. The fraction of sp³-hybridized carbons (Fsp3) is 0.0667. The quantitative estimate of drug-likeness (QED) is 0.536. The second kappa shape index (κ2) is 5.17. The van der Waals surface area contributed by atoms with Gasteiger partial charge in [0.25, 0.3) is 0 Å². The lowest BCUT2D eigenvalue weighted by atomic mass is 10.00. The van der Waals surface area contributed by atoms with Crippen LogP contribution in [0.2, 0.25) is 0 Å². The van der Waals surface area contributed by atoms with Crippen molar-refractivity contribution in [3.05, 3.63) is 57.3 Å². The maximum absolute atomic E-state index is 14.1. The number of rotatable bonds is 2. The van der Waals surface area contributed by atoms with Crippen molar-refractivity contribution < 1.29 is 13.6 Å². The second-order valence-electron chi connectivity index (χ2n) is 4.81. The molecule has 4 nitrogen and oxygen atoms in total. The fourth-order valence-corrected chi connectivity index (χ4v) is 2.62. The number of pyridine rings is 1. The minimum atomic E-state index is -1.06. The van der Waals surface area contributed by atoms with E-state index in [1.165, 1.54) is 6.20 Å². The van der Waals surface area contributed by atoms with Gasteiger partial charge in [-0.2, -0.15) is 0 Å². The third-order valence-electron chi connectivity index (χ3n) is 3.49. The predicted octanol–water partition coefficient (Wildman–Crippen LogP) is 3.73. The summed E-state index contributed by atoms with van der Waals surface area (Å²) in [6, 6.07) is 2.06. The van der Waals surface area contributed by atoms with Crippen LogP contribution in [0, 0.1) is 18.6 Å². The summed E-state index contributed by atoms with van der Waals surface area (Å²) < 4.78 is 28.7. The summed E-state index contributed by atoms with van der Waals surface area (Å²) in [4.78, 5) is 19.5. The summed E-state index contributed by atoms with van der Waals surface area (Å²) in [7, 11) is 0. The molecule has 2 aromatic heterocycles. The average molecular weight is 366 g/mol. The van der Waals surface area contributed by atoms with Crippen LogP contribution in [-0.2, 0) is 0 Å². The molecule has 22 heavy (non-hydrogen) atoms. The van der Waals surface area contributed by atoms with Crippen molar-refractivity contribution in [2.24, 2.45) is 0 Å². The molecule has 2 heterocycles. The molecule has 0 amide bonds. The Balaban J connectivity index is 2.27. The SMILES string of the molecule is Cc1c(Br)cnc2[nH]cc(C(=O)c3c(F)ccc(N)c3F)c12. The molecule has 3 N–H and O–H groups in total. The molecule has 0 unspecified atom stereocenters. The van der Waals surface area contributed by atoms with Gasteiger partial charge in [-0.25, -0.2) is 13.8 Å². The lowest BCUT2D eigenvalue weighted by Gasteiger charge is -2.07. The van der Waals surface area contributed by atoms with Crippen LogP contribution >= 0.6 is 15.9 Å². The Morgan fingerprint density at radius 2 is 2.09 bits per heavy atom. The van der Waals surface area contributed by atoms with Crippen LogP contribution in [0.25, 0.3) is 11.0 Å². The molecule has 0 fully saturated rings. The van der Waals surface area contributed by atoms with Crippen molar-refractivity contribution in [1.82, 2.24) is 9.97 Å². The summed E-state index contributed by atoms with van der Waals surface area (Å²) in [5, 5.41) is 0.514. The molecule has 0 saturated carbocycles. The van der Waals surface area contributed by atoms with Gasteiger partial charge in [-0.3, -0.25) is 4.79 Å². The topological polar surface area (TPSA) is 71.8 Å². The first-order chi connectivity index (χ1) is 10.4. The molecule has 0 saturated heterocycles. The maximum atomic E-state index is 14.1. The number of hydrogen-bond donors (Lipinski definition) is 2. The maximum Gasteiger partial charge on any atom is 0.201 e. The molecular formula is C15H10BrF2N3O. The van der Waals surface area contributed by atoms with Crippen molar-refractivity contribution in [1.29, 1.82) is 0 Å². The summed E-state index contributed by atoms with van der Waals surface area (Å²) in [6.07, 6.45) is 2.98. The average Bonchev–Trinajstić information content (AvgIpc) is 2.92. The smallest absolute Gasteiger partial charge is 0.201 e. The Morgan fingerprint density at radius 3 is 2.82 bits per heavy atom. The monoisotopic (exact) mass is 365 g/mol. The molecule has 0 aliphatic carbocycles. The van der Waals surface area contributed by atoms with Crippen molar-refractivity contribution in [2.75, 3.05) is 5.73 Å². The molecule has 0 atom stereocenters. The van der Waals surface area contributed by atoms with Crippen LogP contribution in [0.1, 0.15) is 21.5 Å². The number of aryl methyl sites for hydroxylation is 1. The molecule has 3 rings (SSSR count). The number of nitrogens with one attached hydrogen (secondary N) is 1. The molecule has 7 heteroatoms. The number of anilines is 1. The van der Waals surface area contributed by atoms with Crippen LogP contribution in [0.5, 0.6) is 0 Å². The molecular weight excluding hydrogens is 356 g/mol. The van der Waals surface area contributed by atoms with Gasteiger partial charge in [0.2, 0.25) is 5.78 Å². The van der Waals surface area contributed by atoms with E-state index in [1.807, 2.05) is 0 Å². The van der Waals surface area contributed by atoms with Gasteiger partial charge in [0.05, 0.1) is 16.8 Å². The van der Waals surface area contributed by atoms with Crippen LogP contribution < -0.4 is 5.73 Å². The number of carbonyl (C=O) groups is 1. The van der Waals surface area contributed by atoms with Crippen LogP contribution in [-0.4, -0.2) is 15.8 Å². The number of nitrogens with two attached hydrogens (primary N) is 1. The Hall–Kier alpha value is -2.28. The van der Waals surface area contributed by atoms with E-state index in [2.05, 4.69) is 25.9 Å². The second-order valence-corrected chi connectivity index (χ2v) is 5.67. The number of aromatic nitrogens is 2. The number of benzene rings is 1. The highest BCUT2D eigenvalue weighted by Gasteiger charge is 2.24. The van der Waals surface area contributed by atoms with E-state index in [9.17, 15) is 13.6 Å². The number of nitrogen functional groups attached to an aromatic ring is 1.